The van der Waals surface area contributed by atoms with Crippen LogP contribution in [0, 0.1) is 11.3 Å². The van der Waals surface area contributed by atoms with Gasteiger partial charge in [-0.2, -0.15) is 13.2 Å². The SMILES string of the molecule is O=C(NCC12CCCN(CC1)C2)C1CCc2nc(C(F)(F)F)cn2C1. The van der Waals surface area contributed by atoms with Crippen LogP contribution < -0.4 is 5.32 Å². The van der Waals surface area contributed by atoms with Crippen molar-refractivity contribution >= 4 is 5.91 Å². The van der Waals surface area contributed by atoms with Gasteiger partial charge in [-0.05, 0) is 38.8 Å². The Bertz CT molecular complexity index is 667. The number of alkyl halides is 3. The molecule has 0 radical (unpaired) electrons. The molecule has 0 aliphatic carbocycles. The fourth-order valence-corrected chi connectivity index (χ4v) is 4.55. The monoisotopic (exact) mass is 356 g/mol. The van der Waals surface area contributed by atoms with Crippen LogP contribution in [0.2, 0.25) is 0 Å². The number of fused-ring (bicyclic) bond motifs is 3. The smallest absolute Gasteiger partial charge is 0.355 e. The molecule has 8 heteroatoms. The van der Waals surface area contributed by atoms with Gasteiger partial charge in [0.15, 0.2) is 5.69 Å². The Morgan fingerprint density at radius 3 is 3.00 bits per heavy atom. The highest BCUT2D eigenvalue weighted by molar-refractivity contribution is 5.78. The number of rotatable bonds is 3. The largest absolute Gasteiger partial charge is 0.434 e. The number of hydrogen-bond donors (Lipinski definition) is 1. The van der Waals surface area contributed by atoms with Crippen LogP contribution in [0.5, 0.6) is 0 Å². The molecule has 25 heavy (non-hydrogen) atoms. The summed E-state index contributed by atoms with van der Waals surface area (Å²) in [7, 11) is 0. The van der Waals surface area contributed by atoms with Gasteiger partial charge in [-0.1, -0.05) is 0 Å². The van der Waals surface area contributed by atoms with E-state index in [0.29, 0.717) is 25.2 Å². The molecule has 138 valence electrons. The minimum absolute atomic E-state index is 0.0358. The number of carbonyl (C=O) groups excluding carboxylic acids is 1. The minimum Gasteiger partial charge on any atom is -0.355 e. The number of nitrogens with zero attached hydrogens (tertiary/aromatic N) is 3. The molecule has 1 amide bonds. The molecule has 1 aromatic rings. The Labute approximate surface area is 144 Å². The van der Waals surface area contributed by atoms with Crippen molar-refractivity contribution in [1.29, 1.82) is 0 Å². The number of nitrogens with one attached hydrogen (secondary N) is 1. The first-order valence-corrected chi connectivity index (χ1v) is 8.98. The number of hydrogen-bond acceptors (Lipinski definition) is 3. The van der Waals surface area contributed by atoms with Crippen molar-refractivity contribution in [2.75, 3.05) is 26.2 Å². The van der Waals surface area contributed by atoms with Crippen LogP contribution >= 0.6 is 0 Å². The normalized spacial score (nSPS) is 31.6. The standard InChI is InChI=1S/C17H23F3N4O/c18-17(19,20)13-9-24-8-12(2-3-14(24)22-13)15(25)21-10-16-4-1-6-23(11-16)7-5-16/h9,12H,1-8,10-11H2,(H,21,25). The predicted molar refractivity (Wildman–Crippen MR) is 84.8 cm³/mol. The Kier molecular flexibility index (Phi) is 4.05. The molecule has 3 aliphatic heterocycles. The zero-order chi connectivity index (χ0) is 17.7. The Morgan fingerprint density at radius 2 is 2.20 bits per heavy atom. The van der Waals surface area contributed by atoms with Gasteiger partial charge in [0.1, 0.15) is 5.82 Å². The molecule has 2 fully saturated rings. The summed E-state index contributed by atoms with van der Waals surface area (Å²) in [5.74, 6) is 0.111. The number of aryl methyl sites for hydroxylation is 1. The molecule has 4 heterocycles. The van der Waals surface area contributed by atoms with Crippen LogP contribution in [0.4, 0.5) is 13.2 Å². The topological polar surface area (TPSA) is 50.2 Å². The van der Waals surface area contributed by atoms with Crippen LogP contribution in [0.1, 0.15) is 37.2 Å². The van der Waals surface area contributed by atoms with E-state index in [4.69, 9.17) is 0 Å². The highest BCUT2D eigenvalue weighted by Crippen LogP contribution is 2.38. The van der Waals surface area contributed by atoms with Crippen molar-refractivity contribution in [2.24, 2.45) is 11.3 Å². The summed E-state index contributed by atoms with van der Waals surface area (Å²) in [4.78, 5) is 18.7. The molecule has 3 unspecified atom stereocenters. The lowest BCUT2D eigenvalue weighted by molar-refractivity contribution is -0.141. The second kappa shape index (κ2) is 6.00. The number of aromatic nitrogens is 2. The third-order valence-corrected chi connectivity index (χ3v) is 5.99. The highest BCUT2D eigenvalue weighted by Gasteiger charge is 2.41. The van der Waals surface area contributed by atoms with E-state index in [1.54, 1.807) is 0 Å². The van der Waals surface area contributed by atoms with Crippen molar-refractivity contribution in [3.63, 3.8) is 0 Å². The summed E-state index contributed by atoms with van der Waals surface area (Å²) in [5.41, 5.74) is -0.665. The van der Waals surface area contributed by atoms with Crippen LogP contribution in [0.15, 0.2) is 6.20 Å². The molecule has 2 saturated heterocycles. The molecule has 2 bridgehead atoms. The van der Waals surface area contributed by atoms with E-state index in [2.05, 4.69) is 15.2 Å². The minimum atomic E-state index is -4.43. The van der Waals surface area contributed by atoms with Gasteiger partial charge in [-0.15, -0.1) is 0 Å². The van der Waals surface area contributed by atoms with E-state index in [-0.39, 0.29) is 23.8 Å². The van der Waals surface area contributed by atoms with Gasteiger partial charge >= 0.3 is 6.18 Å². The number of piperidine rings is 1. The van der Waals surface area contributed by atoms with Crippen LogP contribution in [0.3, 0.4) is 0 Å². The first kappa shape index (κ1) is 16.9. The van der Waals surface area contributed by atoms with E-state index in [1.165, 1.54) is 11.0 Å². The number of imidazole rings is 1. The van der Waals surface area contributed by atoms with Crippen LogP contribution in [-0.4, -0.2) is 46.5 Å². The molecule has 0 saturated carbocycles. The lowest BCUT2D eigenvalue weighted by Crippen LogP contribution is -2.45. The first-order valence-electron chi connectivity index (χ1n) is 8.98. The molecule has 1 N–H and O–H groups in total. The lowest BCUT2D eigenvalue weighted by Gasteiger charge is -2.34. The summed E-state index contributed by atoms with van der Waals surface area (Å²) in [6, 6.07) is 0. The van der Waals surface area contributed by atoms with Crippen molar-refractivity contribution in [1.82, 2.24) is 19.8 Å². The van der Waals surface area contributed by atoms with Crippen molar-refractivity contribution in [3.8, 4) is 0 Å². The van der Waals surface area contributed by atoms with E-state index >= 15 is 0 Å². The van der Waals surface area contributed by atoms with Crippen molar-refractivity contribution in [3.05, 3.63) is 17.7 Å². The molecule has 4 rings (SSSR count). The molecule has 1 aromatic heterocycles. The zero-order valence-electron chi connectivity index (χ0n) is 14.1. The predicted octanol–water partition coefficient (Wildman–Crippen LogP) is 2.07. The average molecular weight is 356 g/mol. The average Bonchev–Trinajstić information content (AvgIpc) is 3.13. The van der Waals surface area contributed by atoms with Gasteiger partial charge in [-0.25, -0.2) is 4.98 Å². The summed E-state index contributed by atoms with van der Waals surface area (Å²) in [6.07, 6.45) is 1.01. The van der Waals surface area contributed by atoms with E-state index in [0.717, 1.165) is 38.7 Å². The van der Waals surface area contributed by atoms with Gasteiger partial charge in [0.2, 0.25) is 5.91 Å². The molecule has 3 atom stereocenters. The quantitative estimate of drug-likeness (QED) is 0.902. The van der Waals surface area contributed by atoms with Gasteiger partial charge < -0.3 is 14.8 Å². The number of halogens is 3. The summed E-state index contributed by atoms with van der Waals surface area (Å²) >= 11 is 0. The summed E-state index contributed by atoms with van der Waals surface area (Å²) in [6.45, 7) is 4.28. The zero-order valence-corrected chi connectivity index (χ0v) is 14.1. The fraction of sp³-hybridized carbons (Fsp3) is 0.765. The van der Waals surface area contributed by atoms with Gasteiger partial charge in [0, 0.05) is 37.7 Å². The fourth-order valence-electron chi connectivity index (χ4n) is 4.55. The third kappa shape index (κ3) is 3.28. The van der Waals surface area contributed by atoms with Crippen molar-refractivity contribution < 1.29 is 18.0 Å². The molecular formula is C17H23F3N4O. The van der Waals surface area contributed by atoms with E-state index in [9.17, 15) is 18.0 Å². The number of carbonyl (C=O) groups is 1. The third-order valence-electron chi connectivity index (χ3n) is 5.99. The summed E-state index contributed by atoms with van der Waals surface area (Å²) in [5, 5.41) is 3.09. The molecular weight excluding hydrogens is 333 g/mol. The number of amides is 1. The Hall–Kier alpha value is -1.57. The molecule has 3 aliphatic rings. The van der Waals surface area contributed by atoms with E-state index in [1.807, 2.05) is 0 Å². The van der Waals surface area contributed by atoms with Crippen LogP contribution in [-0.2, 0) is 23.9 Å². The lowest BCUT2D eigenvalue weighted by atomic mass is 9.81. The van der Waals surface area contributed by atoms with Gasteiger partial charge in [0.05, 0.1) is 5.92 Å². The Balaban J connectivity index is 1.37. The van der Waals surface area contributed by atoms with Gasteiger partial charge in [-0.3, -0.25) is 4.79 Å². The molecule has 5 nitrogen and oxygen atoms in total. The van der Waals surface area contributed by atoms with E-state index < -0.39 is 11.9 Å². The second-order valence-electron chi connectivity index (χ2n) is 7.78. The maximum atomic E-state index is 12.8. The van der Waals surface area contributed by atoms with Crippen molar-refractivity contribution in [2.45, 2.75) is 44.8 Å². The summed E-state index contributed by atoms with van der Waals surface area (Å²) < 4.78 is 39.8. The maximum Gasteiger partial charge on any atom is 0.434 e. The second-order valence-corrected chi connectivity index (χ2v) is 7.78. The van der Waals surface area contributed by atoms with Gasteiger partial charge in [0.25, 0.3) is 0 Å². The molecule has 0 spiro atoms. The Morgan fingerprint density at radius 1 is 1.36 bits per heavy atom. The molecule has 0 aromatic carbocycles. The maximum absolute atomic E-state index is 12.8. The van der Waals surface area contributed by atoms with Crippen LogP contribution in [0.25, 0.3) is 0 Å². The first-order chi connectivity index (χ1) is 11.8. The highest BCUT2D eigenvalue weighted by atomic mass is 19.4.